The van der Waals surface area contributed by atoms with E-state index in [1.54, 1.807) is 29.2 Å². The average Bonchev–Trinajstić information content (AvgIpc) is 2.74. The van der Waals surface area contributed by atoms with E-state index in [0.29, 0.717) is 42.7 Å². The van der Waals surface area contributed by atoms with Gasteiger partial charge in [-0.1, -0.05) is 23.7 Å². The molecule has 1 heterocycles. The van der Waals surface area contributed by atoms with Crippen LogP contribution < -0.4 is 9.47 Å². The zero-order chi connectivity index (χ0) is 23.1. The van der Waals surface area contributed by atoms with Gasteiger partial charge in [0.05, 0.1) is 13.0 Å². The molecule has 1 amide bonds. The van der Waals surface area contributed by atoms with Gasteiger partial charge in [-0.2, -0.15) is 0 Å². The summed E-state index contributed by atoms with van der Waals surface area (Å²) in [5.41, 5.74) is 1.03. The van der Waals surface area contributed by atoms with Crippen molar-refractivity contribution in [3.63, 3.8) is 0 Å². The van der Waals surface area contributed by atoms with Crippen LogP contribution in [0, 0.1) is 5.82 Å². The summed E-state index contributed by atoms with van der Waals surface area (Å²) in [6, 6.07) is 11.2. The smallest absolute Gasteiger partial charge is 0.306 e. The summed E-state index contributed by atoms with van der Waals surface area (Å²) in [7, 11) is 0. The molecule has 1 saturated heterocycles. The Morgan fingerprint density at radius 3 is 2.56 bits per heavy atom. The minimum Gasteiger partial charge on any atom is -0.489 e. The molecule has 0 aliphatic carbocycles. The lowest BCUT2D eigenvalue weighted by Gasteiger charge is -2.39. The first-order valence-electron chi connectivity index (χ1n) is 10.3. The number of piperazine rings is 1. The van der Waals surface area contributed by atoms with E-state index in [4.69, 9.17) is 26.2 Å². The van der Waals surface area contributed by atoms with E-state index in [9.17, 15) is 14.0 Å². The predicted octanol–water partition coefficient (Wildman–Crippen LogP) is 3.44. The molecule has 1 atom stereocenters. The van der Waals surface area contributed by atoms with Gasteiger partial charge in [0, 0.05) is 43.3 Å². The SMILES string of the molecule is CC1CN(Cc2ccc(F)cc2)CCN1C(=O)COc1ccc(Cl)cc1OCCC(=O)O. The number of halogens is 2. The van der Waals surface area contributed by atoms with Gasteiger partial charge in [-0.15, -0.1) is 0 Å². The van der Waals surface area contributed by atoms with E-state index >= 15 is 0 Å². The molecule has 1 N–H and O–H groups in total. The Morgan fingerprint density at radius 2 is 1.88 bits per heavy atom. The van der Waals surface area contributed by atoms with Crippen molar-refractivity contribution < 1.29 is 28.6 Å². The summed E-state index contributed by atoms with van der Waals surface area (Å²) >= 11 is 5.99. The summed E-state index contributed by atoms with van der Waals surface area (Å²) in [6.07, 6.45) is -0.162. The standard InChI is InChI=1S/C23H26ClFN2O5/c1-16-13-26(14-17-2-5-19(25)6-3-17)9-10-27(16)22(28)15-32-20-7-4-18(24)12-21(20)31-11-8-23(29)30/h2-7,12,16H,8-11,13-15H2,1H3,(H,29,30). The second-order valence-corrected chi connectivity index (χ2v) is 8.11. The minimum absolute atomic E-state index is 0.00296. The molecule has 2 aromatic carbocycles. The average molecular weight is 465 g/mol. The molecule has 172 valence electrons. The zero-order valence-electron chi connectivity index (χ0n) is 17.8. The van der Waals surface area contributed by atoms with Gasteiger partial charge in [0.15, 0.2) is 18.1 Å². The number of benzene rings is 2. The minimum atomic E-state index is -0.975. The lowest BCUT2D eigenvalue weighted by atomic mass is 10.1. The van der Waals surface area contributed by atoms with Gasteiger partial charge in [-0.05, 0) is 36.8 Å². The Bertz CT molecular complexity index is 940. The van der Waals surface area contributed by atoms with Crippen LogP contribution in [0.2, 0.25) is 5.02 Å². The fraction of sp³-hybridized carbons (Fsp3) is 0.391. The lowest BCUT2D eigenvalue weighted by Crippen LogP contribution is -2.54. The second-order valence-electron chi connectivity index (χ2n) is 7.67. The molecule has 0 aromatic heterocycles. The van der Waals surface area contributed by atoms with Gasteiger partial charge in [0.25, 0.3) is 5.91 Å². The molecular formula is C23H26ClFN2O5. The monoisotopic (exact) mass is 464 g/mol. The van der Waals surface area contributed by atoms with Crippen LogP contribution >= 0.6 is 11.6 Å². The first kappa shape index (κ1) is 23.8. The third-order valence-electron chi connectivity index (χ3n) is 5.18. The largest absolute Gasteiger partial charge is 0.489 e. The normalized spacial score (nSPS) is 16.6. The van der Waals surface area contributed by atoms with E-state index in [2.05, 4.69) is 4.90 Å². The first-order valence-corrected chi connectivity index (χ1v) is 10.7. The number of nitrogens with zero attached hydrogens (tertiary/aromatic N) is 2. The molecule has 0 spiro atoms. The number of carbonyl (C=O) groups is 2. The van der Waals surface area contributed by atoms with Crippen LogP contribution in [-0.2, 0) is 16.1 Å². The third-order valence-corrected chi connectivity index (χ3v) is 5.42. The Labute approximate surface area is 191 Å². The highest BCUT2D eigenvalue weighted by Crippen LogP contribution is 2.30. The molecule has 3 rings (SSSR count). The van der Waals surface area contributed by atoms with Crippen molar-refractivity contribution in [2.45, 2.75) is 25.9 Å². The van der Waals surface area contributed by atoms with Crippen molar-refractivity contribution in [1.82, 2.24) is 9.80 Å². The molecule has 1 aliphatic heterocycles. The number of carboxylic acid groups (broad SMARTS) is 1. The number of rotatable bonds is 9. The highest BCUT2D eigenvalue weighted by atomic mass is 35.5. The lowest BCUT2D eigenvalue weighted by molar-refractivity contribution is -0.138. The molecule has 7 nitrogen and oxygen atoms in total. The van der Waals surface area contributed by atoms with Crippen LogP contribution in [0.4, 0.5) is 4.39 Å². The molecule has 1 aliphatic rings. The topological polar surface area (TPSA) is 79.3 Å². The maximum absolute atomic E-state index is 13.1. The van der Waals surface area contributed by atoms with Crippen molar-refractivity contribution in [2.75, 3.05) is 32.8 Å². The number of hydrogen-bond donors (Lipinski definition) is 1. The summed E-state index contributed by atoms with van der Waals surface area (Å²) in [6.45, 7) is 4.45. The maximum atomic E-state index is 13.1. The molecule has 2 aromatic rings. The van der Waals surface area contributed by atoms with Crippen molar-refractivity contribution in [3.05, 3.63) is 58.9 Å². The van der Waals surface area contributed by atoms with Crippen LogP contribution in [0.3, 0.4) is 0 Å². The second kappa shape index (κ2) is 11.2. The molecule has 0 bridgehead atoms. The van der Waals surface area contributed by atoms with Gasteiger partial charge in [-0.3, -0.25) is 14.5 Å². The third kappa shape index (κ3) is 6.83. The van der Waals surface area contributed by atoms with Gasteiger partial charge in [-0.25, -0.2) is 4.39 Å². The van der Waals surface area contributed by atoms with Crippen molar-refractivity contribution >= 4 is 23.5 Å². The number of hydrogen-bond acceptors (Lipinski definition) is 5. The molecule has 0 saturated carbocycles. The number of amides is 1. The van der Waals surface area contributed by atoms with Crippen molar-refractivity contribution in [3.8, 4) is 11.5 Å². The molecule has 0 radical (unpaired) electrons. The molecular weight excluding hydrogens is 439 g/mol. The predicted molar refractivity (Wildman–Crippen MR) is 118 cm³/mol. The van der Waals surface area contributed by atoms with E-state index in [0.717, 1.165) is 5.56 Å². The number of carboxylic acids is 1. The summed E-state index contributed by atoms with van der Waals surface area (Å²) in [4.78, 5) is 27.5. The fourth-order valence-electron chi connectivity index (χ4n) is 3.58. The summed E-state index contributed by atoms with van der Waals surface area (Å²) < 4.78 is 24.2. The van der Waals surface area contributed by atoms with Crippen LogP contribution in [-0.4, -0.2) is 65.7 Å². The maximum Gasteiger partial charge on any atom is 0.306 e. The zero-order valence-corrected chi connectivity index (χ0v) is 18.6. The van der Waals surface area contributed by atoms with Crippen LogP contribution in [0.5, 0.6) is 11.5 Å². The Morgan fingerprint density at radius 1 is 1.12 bits per heavy atom. The van der Waals surface area contributed by atoms with Gasteiger partial charge in [0.1, 0.15) is 5.82 Å². The number of aliphatic carboxylic acids is 1. The number of ether oxygens (including phenoxy) is 2. The van der Waals surface area contributed by atoms with Crippen LogP contribution in [0.15, 0.2) is 42.5 Å². The number of carbonyl (C=O) groups excluding carboxylic acids is 1. The van der Waals surface area contributed by atoms with Crippen molar-refractivity contribution in [1.29, 1.82) is 0 Å². The summed E-state index contributed by atoms with van der Waals surface area (Å²) in [5, 5.41) is 9.18. The first-order chi connectivity index (χ1) is 15.3. The Balaban J connectivity index is 1.52. The Hall–Kier alpha value is -2.84. The quantitative estimate of drug-likeness (QED) is 0.612. The molecule has 1 fully saturated rings. The van der Waals surface area contributed by atoms with E-state index in [1.807, 2.05) is 6.92 Å². The van der Waals surface area contributed by atoms with Crippen molar-refractivity contribution in [2.24, 2.45) is 0 Å². The highest BCUT2D eigenvalue weighted by Gasteiger charge is 2.27. The van der Waals surface area contributed by atoms with Gasteiger partial charge >= 0.3 is 5.97 Å². The van der Waals surface area contributed by atoms with E-state index in [1.165, 1.54) is 18.2 Å². The Kier molecular flexibility index (Phi) is 8.30. The van der Waals surface area contributed by atoms with Crippen LogP contribution in [0.1, 0.15) is 18.9 Å². The molecule has 32 heavy (non-hydrogen) atoms. The van der Waals surface area contributed by atoms with E-state index < -0.39 is 5.97 Å². The molecule has 1 unspecified atom stereocenters. The van der Waals surface area contributed by atoms with Gasteiger partial charge < -0.3 is 19.5 Å². The van der Waals surface area contributed by atoms with Gasteiger partial charge in [0.2, 0.25) is 0 Å². The van der Waals surface area contributed by atoms with Crippen LogP contribution in [0.25, 0.3) is 0 Å². The summed E-state index contributed by atoms with van der Waals surface area (Å²) in [5.74, 6) is -0.754. The highest BCUT2D eigenvalue weighted by molar-refractivity contribution is 6.30. The fourth-order valence-corrected chi connectivity index (χ4v) is 3.74. The van der Waals surface area contributed by atoms with E-state index in [-0.39, 0.29) is 37.4 Å². The molecule has 9 heteroatoms.